The van der Waals surface area contributed by atoms with Crippen molar-refractivity contribution in [2.24, 2.45) is 0 Å². The summed E-state index contributed by atoms with van der Waals surface area (Å²) in [5.74, 6) is -0.655. The number of nitrogens with zero attached hydrogens (tertiary/aromatic N) is 5. The first-order valence-electron chi connectivity index (χ1n) is 5.73. The standard InChI is InChI=1S/C12H9N5O3/c18-10-5-14-17-7-13-15-12(17)16(10)6-8-1-3-9(4-2-8)11(19)20/h1-5,7H,6H2,(H,19,20). The third-order valence-corrected chi connectivity index (χ3v) is 2.85. The van der Waals surface area contributed by atoms with Crippen LogP contribution in [-0.2, 0) is 6.54 Å². The Kier molecular flexibility index (Phi) is 2.75. The maximum absolute atomic E-state index is 11.8. The van der Waals surface area contributed by atoms with Crippen LogP contribution >= 0.6 is 0 Å². The van der Waals surface area contributed by atoms with E-state index in [2.05, 4.69) is 15.3 Å². The van der Waals surface area contributed by atoms with Crippen molar-refractivity contribution in [3.05, 3.63) is 58.3 Å². The Balaban J connectivity index is 2.00. The molecule has 3 aromatic rings. The van der Waals surface area contributed by atoms with E-state index in [0.717, 1.165) is 5.56 Å². The number of hydrogen-bond acceptors (Lipinski definition) is 5. The van der Waals surface area contributed by atoms with Crippen LogP contribution in [0.4, 0.5) is 0 Å². The van der Waals surface area contributed by atoms with E-state index >= 15 is 0 Å². The molecule has 0 aliphatic rings. The molecule has 1 N–H and O–H groups in total. The van der Waals surface area contributed by atoms with Crippen molar-refractivity contribution in [3.63, 3.8) is 0 Å². The molecule has 0 saturated carbocycles. The van der Waals surface area contributed by atoms with E-state index in [1.165, 1.54) is 33.7 Å². The molecule has 20 heavy (non-hydrogen) atoms. The summed E-state index contributed by atoms with van der Waals surface area (Å²) in [5.41, 5.74) is 0.685. The van der Waals surface area contributed by atoms with Crippen LogP contribution in [0.2, 0.25) is 0 Å². The SMILES string of the molecule is O=C(O)c1ccc(Cn2c(=O)cnn3cnnc23)cc1. The molecule has 3 rings (SSSR count). The summed E-state index contributed by atoms with van der Waals surface area (Å²) in [6.45, 7) is 0.267. The first-order chi connectivity index (χ1) is 9.65. The number of fused-ring (bicyclic) bond motifs is 1. The fraction of sp³-hybridized carbons (Fsp3) is 0.0833. The number of carboxylic acid groups (broad SMARTS) is 1. The Bertz CT molecular complexity index is 834. The smallest absolute Gasteiger partial charge is 0.335 e. The molecule has 0 spiro atoms. The first kappa shape index (κ1) is 12.0. The summed E-state index contributed by atoms with van der Waals surface area (Å²) in [6, 6.07) is 6.29. The fourth-order valence-corrected chi connectivity index (χ4v) is 1.85. The molecule has 8 heteroatoms. The minimum atomic E-state index is -0.988. The van der Waals surface area contributed by atoms with Crippen LogP contribution in [0.15, 0.2) is 41.6 Å². The number of carboxylic acids is 1. The molecule has 0 aliphatic heterocycles. The van der Waals surface area contributed by atoms with Gasteiger partial charge in [-0.1, -0.05) is 12.1 Å². The van der Waals surface area contributed by atoms with Crippen molar-refractivity contribution in [1.29, 1.82) is 0 Å². The molecule has 8 nitrogen and oxygen atoms in total. The number of aromatic nitrogens is 5. The predicted octanol–water partition coefficient (Wildman–Crippen LogP) is 0.0325. The second-order valence-electron chi connectivity index (χ2n) is 4.15. The molecule has 0 fully saturated rings. The third-order valence-electron chi connectivity index (χ3n) is 2.85. The van der Waals surface area contributed by atoms with Gasteiger partial charge in [-0.3, -0.25) is 9.36 Å². The molecule has 0 amide bonds. The number of rotatable bonds is 3. The van der Waals surface area contributed by atoms with E-state index < -0.39 is 5.97 Å². The quantitative estimate of drug-likeness (QED) is 0.721. The van der Waals surface area contributed by atoms with Crippen LogP contribution in [0.1, 0.15) is 15.9 Å². The van der Waals surface area contributed by atoms with E-state index in [1.807, 2.05) is 0 Å². The highest BCUT2D eigenvalue weighted by atomic mass is 16.4. The maximum Gasteiger partial charge on any atom is 0.335 e. The monoisotopic (exact) mass is 271 g/mol. The van der Waals surface area contributed by atoms with E-state index in [-0.39, 0.29) is 17.7 Å². The van der Waals surface area contributed by atoms with Gasteiger partial charge in [-0.2, -0.15) is 9.61 Å². The van der Waals surface area contributed by atoms with Gasteiger partial charge in [0, 0.05) is 0 Å². The number of aromatic carboxylic acids is 1. The Morgan fingerprint density at radius 2 is 2.00 bits per heavy atom. The van der Waals surface area contributed by atoms with Crippen molar-refractivity contribution in [3.8, 4) is 0 Å². The van der Waals surface area contributed by atoms with Gasteiger partial charge in [0.25, 0.3) is 11.3 Å². The van der Waals surface area contributed by atoms with E-state index in [9.17, 15) is 9.59 Å². The van der Waals surface area contributed by atoms with Crippen LogP contribution in [0.5, 0.6) is 0 Å². The Labute approximate surface area is 111 Å². The van der Waals surface area contributed by atoms with Gasteiger partial charge in [-0.25, -0.2) is 4.79 Å². The van der Waals surface area contributed by atoms with Gasteiger partial charge in [0.1, 0.15) is 12.5 Å². The van der Waals surface area contributed by atoms with Gasteiger partial charge in [-0.05, 0) is 17.7 Å². The van der Waals surface area contributed by atoms with Gasteiger partial charge in [-0.15, -0.1) is 10.2 Å². The van der Waals surface area contributed by atoms with Crippen molar-refractivity contribution >= 4 is 11.7 Å². The van der Waals surface area contributed by atoms with E-state index in [4.69, 9.17) is 5.11 Å². The van der Waals surface area contributed by atoms with Crippen LogP contribution in [0, 0.1) is 0 Å². The lowest BCUT2D eigenvalue weighted by Crippen LogP contribution is -2.23. The second kappa shape index (κ2) is 4.57. The molecule has 0 radical (unpaired) electrons. The third kappa shape index (κ3) is 2.03. The highest BCUT2D eigenvalue weighted by Crippen LogP contribution is 2.06. The first-order valence-corrected chi connectivity index (χ1v) is 5.73. The van der Waals surface area contributed by atoms with Gasteiger partial charge in [0.05, 0.1) is 12.1 Å². The van der Waals surface area contributed by atoms with Crippen molar-refractivity contribution < 1.29 is 9.90 Å². The topological polar surface area (TPSA) is 102 Å². The summed E-state index contributed by atoms with van der Waals surface area (Å²) < 4.78 is 2.81. The van der Waals surface area contributed by atoms with Gasteiger partial charge in [0.2, 0.25) is 0 Å². The van der Waals surface area contributed by atoms with Crippen LogP contribution in [-0.4, -0.2) is 35.5 Å². The zero-order valence-electron chi connectivity index (χ0n) is 10.2. The predicted molar refractivity (Wildman–Crippen MR) is 67.5 cm³/mol. The van der Waals surface area contributed by atoms with Crippen LogP contribution in [0.25, 0.3) is 5.78 Å². The second-order valence-corrected chi connectivity index (χ2v) is 4.15. The summed E-state index contributed by atoms with van der Waals surface area (Å²) in [7, 11) is 0. The number of hydrogen-bond donors (Lipinski definition) is 1. The molecule has 1 aromatic carbocycles. The van der Waals surface area contributed by atoms with Gasteiger partial charge >= 0.3 is 5.97 Å². The molecule has 100 valence electrons. The van der Waals surface area contributed by atoms with Gasteiger partial charge < -0.3 is 5.11 Å². The molecule has 0 bridgehead atoms. The van der Waals surface area contributed by atoms with Crippen LogP contribution < -0.4 is 5.56 Å². The Morgan fingerprint density at radius 1 is 1.25 bits per heavy atom. The molecule has 0 aliphatic carbocycles. The number of benzene rings is 1. The maximum atomic E-state index is 11.8. The summed E-state index contributed by atoms with van der Waals surface area (Å²) >= 11 is 0. The summed E-state index contributed by atoms with van der Waals surface area (Å²) in [4.78, 5) is 22.6. The van der Waals surface area contributed by atoms with E-state index in [0.29, 0.717) is 5.78 Å². The molecule has 2 heterocycles. The van der Waals surface area contributed by atoms with Crippen molar-refractivity contribution in [2.75, 3.05) is 0 Å². The minimum Gasteiger partial charge on any atom is -0.478 e. The molecular formula is C12H9N5O3. The average molecular weight is 271 g/mol. The largest absolute Gasteiger partial charge is 0.478 e. The lowest BCUT2D eigenvalue weighted by molar-refractivity contribution is 0.0697. The zero-order valence-corrected chi connectivity index (χ0v) is 10.2. The highest BCUT2D eigenvalue weighted by molar-refractivity contribution is 5.87. The lowest BCUT2D eigenvalue weighted by atomic mass is 10.1. The van der Waals surface area contributed by atoms with Crippen molar-refractivity contribution in [1.82, 2.24) is 24.4 Å². The molecule has 2 aromatic heterocycles. The molecule has 0 atom stereocenters. The minimum absolute atomic E-state index is 0.198. The molecule has 0 saturated heterocycles. The molecular weight excluding hydrogens is 262 g/mol. The fourth-order valence-electron chi connectivity index (χ4n) is 1.85. The molecule has 0 unspecified atom stereocenters. The zero-order chi connectivity index (χ0) is 14.1. The van der Waals surface area contributed by atoms with Gasteiger partial charge in [0.15, 0.2) is 0 Å². The van der Waals surface area contributed by atoms with Crippen molar-refractivity contribution in [2.45, 2.75) is 6.54 Å². The normalized spacial score (nSPS) is 10.8. The van der Waals surface area contributed by atoms with Crippen LogP contribution in [0.3, 0.4) is 0 Å². The number of carbonyl (C=O) groups is 1. The van der Waals surface area contributed by atoms with E-state index in [1.54, 1.807) is 12.1 Å². The summed E-state index contributed by atoms with van der Waals surface area (Å²) in [6.07, 6.45) is 2.58. The Hall–Kier alpha value is -3.03. The average Bonchev–Trinajstić information content (AvgIpc) is 2.91. The highest BCUT2D eigenvalue weighted by Gasteiger charge is 2.08. The summed E-state index contributed by atoms with van der Waals surface area (Å²) in [5, 5.41) is 20.2. The lowest BCUT2D eigenvalue weighted by Gasteiger charge is -2.06. The Morgan fingerprint density at radius 3 is 2.70 bits per heavy atom.